The van der Waals surface area contributed by atoms with Gasteiger partial charge in [0.2, 0.25) is 0 Å². The van der Waals surface area contributed by atoms with Gasteiger partial charge in [0.05, 0.1) is 0 Å². The molecule has 2 rings (SSSR count). The van der Waals surface area contributed by atoms with Crippen LogP contribution in [0.5, 0.6) is 0 Å². The van der Waals surface area contributed by atoms with Gasteiger partial charge in [-0.05, 0) is 68.4 Å². The van der Waals surface area contributed by atoms with Crippen LogP contribution in [0.15, 0.2) is 36.4 Å². The third kappa shape index (κ3) is 3.71. The summed E-state index contributed by atoms with van der Waals surface area (Å²) in [6.07, 6.45) is 1.88. The smallest absolute Gasteiger partial charge is 0.0120 e. The minimum atomic E-state index is 0.178. The summed E-state index contributed by atoms with van der Waals surface area (Å²) in [6.45, 7) is 8.61. The second-order valence-electron chi connectivity index (χ2n) is 6.02. The highest BCUT2D eigenvalue weighted by Crippen LogP contribution is 2.16. The average molecular weight is 267 g/mol. The monoisotopic (exact) mass is 267 g/mol. The van der Waals surface area contributed by atoms with Gasteiger partial charge in [0, 0.05) is 6.04 Å². The summed E-state index contributed by atoms with van der Waals surface area (Å²) in [5, 5.41) is 0. The van der Waals surface area contributed by atoms with Gasteiger partial charge in [-0.15, -0.1) is 0 Å². The number of rotatable bonds is 4. The lowest BCUT2D eigenvalue weighted by Gasteiger charge is -2.15. The molecule has 0 aromatic heterocycles. The molecular formula is C19H25N. The first-order valence-electron chi connectivity index (χ1n) is 7.33. The Bertz CT molecular complexity index is 599. The van der Waals surface area contributed by atoms with Crippen LogP contribution in [0.3, 0.4) is 0 Å². The van der Waals surface area contributed by atoms with Gasteiger partial charge in [-0.1, -0.05) is 42.0 Å². The van der Waals surface area contributed by atoms with E-state index < -0.39 is 0 Å². The van der Waals surface area contributed by atoms with E-state index in [0.29, 0.717) is 0 Å². The zero-order chi connectivity index (χ0) is 14.7. The van der Waals surface area contributed by atoms with Crippen molar-refractivity contribution < 1.29 is 0 Å². The highest BCUT2D eigenvalue weighted by Gasteiger charge is 2.08. The van der Waals surface area contributed by atoms with E-state index in [4.69, 9.17) is 5.73 Å². The number of hydrogen-bond donors (Lipinski definition) is 1. The van der Waals surface area contributed by atoms with Crippen molar-refractivity contribution in [3.63, 3.8) is 0 Å². The Morgan fingerprint density at radius 2 is 1.50 bits per heavy atom. The summed E-state index contributed by atoms with van der Waals surface area (Å²) in [6, 6.07) is 13.4. The Kier molecular flexibility index (Phi) is 4.61. The predicted octanol–water partition coefficient (Wildman–Crippen LogP) is 4.03. The van der Waals surface area contributed by atoms with Gasteiger partial charge in [0.1, 0.15) is 0 Å². The molecule has 106 valence electrons. The molecule has 0 saturated heterocycles. The lowest BCUT2D eigenvalue weighted by atomic mass is 9.94. The zero-order valence-corrected chi connectivity index (χ0v) is 13.0. The molecular weight excluding hydrogens is 242 g/mol. The fraction of sp³-hybridized carbons (Fsp3) is 0.368. The Morgan fingerprint density at radius 1 is 0.800 bits per heavy atom. The molecule has 0 spiro atoms. The van der Waals surface area contributed by atoms with Gasteiger partial charge in [0.15, 0.2) is 0 Å². The van der Waals surface area contributed by atoms with Crippen molar-refractivity contribution in [2.45, 2.75) is 46.6 Å². The molecule has 2 aromatic carbocycles. The van der Waals surface area contributed by atoms with E-state index in [1.54, 1.807) is 0 Å². The standard InChI is InChI=1S/C19H25N/c1-13-5-6-15(3)18(9-13)12-19(20)11-17-8-7-14(2)16(4)10-17/h5-10,19H,11-12,20H2,1-4H3. The molecule has 1 heteroatoms. The van der Waals surface area contributed by atoms with E-state index in [1.165, 1.54) is 33.4 Å². The average Bonchev–Trinajstić information content (AvgIpc) is 2.38. The largest absolute Gasteiger partial charge is 0.327 e. The molecule has 0 heterocycles. The van der Waals surface area contributed by atoms with Crippen LogP contribution < -0.4 is 5.73 Å². The van der Waals surface area contributed by atoms with Gasteiger partial charge in [-0.3, -0.25) is 0 Å². The fourth-order valence-corrected chi connectivity index (χ4v) is 2.61. The van der Waals surface area contributed by atoms with Crippen molar-refractivity contribution in [2.75, 3.05) is 0 Å². The van der Waals surface area contributed by atoms with E-state index in [0.717, 1.165) is 12.8 Å². The maximum atomic E-state index is 6.34. The van der Waals surface area contributed by atoms with Gasteiger partial charge in [0.25, 0.3) is 0 Å². The molecule has 0 saturated carbocycles. The van der Waals surface area contributed by atoms with E-state index in [2.05, 4.69) is 64.1 Å². The maximum Gasteiger partial charge on any atom is 0.0120 e. The summed E-state index contributed by atoms with van der Waals surface area (Å²) in [5.74, 6) is 0. The molecule has 0 amide bonds. The van der Waals surface area contributed by atoms with Gasteiger partial charge >= 0.3 is 0 Å². The van der Waals surface area contributed by atoms with Gasteiger partial charge in [-0.25, -0.2) is 0 Å². The molecule has 2 N–H and O–H groups in total. The maximum absolute atomic E-state index is 6.34. The van der Waals surface area contributed by atoms with Crippen molar-refractivity contribution in [3.05, 3.63) is 69.8 Å². The van der Waals surface area contributed by atoms with Crippen LogP contribution in [-0.4, -0.2) is 6.04 Å². The van der Waals surface area contributed by atoms with Crippen molar-refractivity contribution in [1.29, 1.82) is 0 Å². The Hall–Kier alpha value is -1.60. The number of nitrogens with two attached hydrogens (primary N) is 1. The van der Waals surface area contributed by atoms with Crippen molar-refractivity contribution in [2.24, 2.45) is 5.73 Å². The molecule has 0 bridgehead atoms. The summed E-state index contributed by atoms with van der Waals surface area (Å²) in [7, 11) is 0. The molecule has 0 aliphatic rings. The molecule has 0 fully saturated rings. The summed E-state index contributed by atoms with van der Waals surface area (Å²) < 4.78 is 0. The molecule has 1 nitrogen and oxygen atoms in total. The van der Waals surface area contributed by atoms with E-state index in [1.807, 2.05) is 0 Å². The first-order chi connectivity index (χ1) is 9.45. The number of aryl methyl sites for hydroxylation is 4. The molecule has 2 aromatic rings. The van der Waals surface area contributed by atoms with E-state index in [-0.39, 0.29) is 6.04 Å². The predicted molar refractivity (Wildman–Crippen MR) is 87.2 cm³/mol. The van der Waals surface area contributed by atoms with Crippen LogP contribution >= 0.6 is 0 Å². The quantitative estimate of drug-likeness (QED) is 0.889. The molecule has 0 aliphatic carbocycles. The first-order valence-corrected chi connectivity index (χ1v) is 7.33. The van der Waals surface area contributed by atoms with E-state index >= 15 is 0 Å². The first kappa shape index (κ1) is 14.8. The second-order valence-corrected chi connectivity index (χ2v) is 6.02. The van der Waals surface area contributed by atoms with Crippen molar-refractivity contribution in [3.8, 4) is 0 Å². The summed E-state index contributed by atoms with van der Waals surface area (Å²) in [4.78, 5) is 0. The van der Waals surface area contributed by atoms with Crippen LogP contribution in [0.2, 0.25) is 0 Å². The molecule has 0 aliphatic heterocycles. The van der Waals surface area contributed by atoms with Crippen LogP contribution in [0.25, 0.3) is 0 Å². The third-order valence-electron chi connectivity index (χ3n) is 4.06. The van der Waals surface area contributed by atoms with Gasteiger partial charge < -0.3 is 5.73 Å². The van der Waals surface area contributed by atoms with E-state index in [9.17, 15) is 0 Å². The SMILES string of the molecule is Cc1ccc(C)c(CC(N)Cc2ccc(C)c(C)c2)c1. The van der Waals surface area contributed by atoms with Crippen LogP contribution in [0.4, 0.5) is 0 Å². The number of hydrogen-bond acceptors (Lipinski definition) is 1. The van der Waals surface area contributed by atoms with Crippen LogP contribution in [0, 0.1) is 27.7 Å². The lowest BCUT2D eigenvalue weighted by molar-refractivity contribution is 0.662. The highest BCUT2D eigenvalue weighted by atomic mass is 14.6. The van der Waals surface area contributed by atoms with Crippen LogP contribution in [-0.2, 0) is 12.8 Å². The minimum Gasteiger partial charge on any atom is -0.327 e. The summed E-state index contributed by atoms with van der Waals surface area (Å²) in [5.41, 5.74) is 14.4. The van der Waals surface area contributed by atoms with Gasteiger partial charge in [-0.2, -0.15) is 0 Å². The fourth-order valence-electron chi connectivity index (χ4n) is 2.61. The molecule has 1 atom stereocenters. The van der Waals surface area contributed by atoms with Crippen LogP contribution in [0.1, 0.15) is 33.4 Å². The zero-order valence-electron chi connectivity index (χ0n) is 13.0. The third-order valence-corrected chi connectivity index (χ3v) is 4.06. The molecule has 20 heavy (non-hydrogen) atoms. The molecule has 0 radical (unpaired) electrons. The number of benzene rings is 2. The Morgan fingerprint density at radius 3 is 2.20 bits per heavy atom. The van der Waals surface area contributed by atoms with Crippen molar-refractivity contribution >= 4 is 0 Å². The van der Waals surface area contributed by atoms with Crippen molar-refractivity contribution in [1.82, 2.24) is 0 Å². The Labute approximate surface area is 122 Å². The Balaban J connectivity index is 2.06. The second kappa shape index (κ2) is 6.23. The summed E-state index contributed by atoms with van der Waals surface area (Å²) >= 11 is 0. The molecule has 1 unspecified atom stereocenters. The topological polar surface area (TPSA) is 26.0 Å². The highest BCUT2D eigenvalue weighted by molar-refractivity contribution is 5.33. The normalized spacial score (nSPS) is 12.4. The lowest BCUT2D eigenvalue weighted by Crippen LogP contribution is -2.26. The minimum absolute atomic E-state index is 0.178.